The molecular formula is C9H20N2O2. The van der Waals surface area contributed by atoms with Crippen LogP contribution >= 0.6 is 0 Å². The summed E-state index contributed by atoms with van der Waals surface area (Å²) in [5.74, 6) is 0.0966. The van der Waals surface area contributed by atoms with Crippen LogP contribution in [0.4, 0.5) is 0 Å². The molecule has 0 aliphatic rings. The van der Waals surface area contributed by atoms with E-state index in [1.54, 1.807) is 0 Å². The van der Waals surface area contributed by atoms with E-state index >= 15 is 0 Å². The van der Waals surface area contributed by atoms with E-state index in [4.69, 9.17) is 0 Å². The van der Waals surface area contributed by atoms with Crippen molar-refractivity contribution >= 4 is 11.8 Å². The highest BCUT2D eigenvalue weighted by molar-refractivity contribution is 5.72. The molecule has 0 heterocycles. The van der Waals surface area contributed by atoms with E-state index in [-0.39, 0.29) is 11.8 Å². The predicted molar refractivity (Wildman–Crippen MR) is 53.3 cm³/mol. The summed E-state index contributed by atoms with van der Waals surface area (Å²) in [6.07, 6.45) is 1.01. The molecule has 0 unspecified atom stereocenters. The number of carbonyl (C=O) groups excluding carboxylic acids is 2. The highest BCUT2D eigenvalue weighted by Gasteiger charge is 1.83. The highest BCUT2D eigenvalue weighted by Crippen LogP contribution is 1.67. The first-order chi connectivity index (χ1) is 6.04. The summed E-state index contributed by atoms with van der Waals surface area (Å²) in [6, 6.07) is 0. The lowest BCUT2D eigenvalue weighted by molar-refractivity contribution is -0.119. The van der Waals surface area contributed by atoms with Gasteiger partial charge in [-0.2, -0.15) is 0 Å². The molecule has 2 N–H and O–H groups in total. The van der Waals surface area contributed by atoms with E-state index in [0.29, 0.717) is 0 Å². The molecule has 0 atom stereocenters. The van der Waals surface area contributed by atoms with Gasteiger partial charge in [0.1, 0.15) is 0 Å². The SMILES string of the molecule is CCCNC(C)=O.CCNC(C)=O. The van der Waals surface area contributed by atoms with Crippen LogP contribution in [0, 0.1) is 0 Å². The van der Waals surface area contributed by atoms with Crippen molar-refractivity contribution in [3.63, 3.8) is 0 Å². The molecule has 0 aliphatic carbocycles. The van der Waals surface area contributed by atoms with Gasteiger partial charge in [0.15, 0.2) is 0 Å². The Balaban J connectivity index is 0. The summed E-state index contributed by atoms with van der Waals surface area (Å²) in [5, 5.41) is 5.23. The Kier molecular flexibility index (Phi) is 12.2. The van der Waals surface area contributed by atoms with Crippen LogP contribution in [0.15, 0.2) is 0 Å². The van der Waals surface area contributed by atoms with E-state index in [1.807, 2.05) is 13.8 Å². The molecule has 0 spiro atoms. The number of amides is 2. The van der Waals surface area contributed by atoms with Gasteiger partial charge in [-0.05, 0) is 13.3 Å². The maximum atomic E-state index is 10.1. The Morgan fingerprint density at radius 2 is 1.46 bits per heavy atom. The van der Waals surface area contributed by atoms with Crippen LogP contribution in [-0.4, -0.2) is 24.9 Å². The fraction of sp³-hybridized carbons (Fsp3) is 0.778. The molecule has 0 aromatic rings. The van der Waals surface area contributed by atoms with Crippen molar-refractivity contribution in [2.75, 3.05) is 13.1 Å². The fourth-order valence-electron chi connectivity index (χ4n) is 0.550. The van der Waals surface area contributed by atoms with Crippen LogP contribution in [0.2, 0.25) is 0 Å². The number of carbonyl (C=O) groups is 2. The van der Waals surface area contributed by atoms with Gasteiger partial charge in [0.05, 0.1) is 0 Å². The number of hydrogen-bond donors (Lipinski definition) is 2. The molecule has 0 rings (SSSR count). The lowest BCUT2D eigenvalue weighted by Gasteiger charge is -1.93. The Bertz CT molecular complexity index is 147. The number of rotatable bonds is 3. The molecule has 0 radical (unpaired) electrons. The predicted octanol–water partition coefficient (Wildman–Crippen LogP) is 0.675. The molecule has 2 amide bonds. The Hall–Kier alpha value is -1.06. The first-order valence-corrected chi connectivity index (χ1v) is 4.53. The summed E-state index contributed by atoms with van der Waals surface area (Å²) < 4.78 is 0. The third kappa shape index (κ3) is 24.8. The normalized spacial score (nSPS) is 8.00. The standard InChI is InChI=1S/C5H11NO.C4H9NO/c1-3-4-6-5(2)7;1-3-5-4(2)6/h3-4H2,1-2H3,(H,6,7);3H2,1-2H3,(H,5,6). The summed E-state index contributed by atoms with van der Waals surface area (Å²) >= 11 is 0. The van der Waals surface area contributed by atoms with Gasteiger partial charge in [-0.15, -0.1) is 0 Å². The molecule has 4 heteroatoms. The van der Waals surface area contributed by atoms with Crippen molar-refractivity contribution in [3.8, 4) is 0 Å². The smallest absolute Gasteiger partial charge is 0.216 e. The second-order valence-electron chi connectivity index (χ2n) is 2.57. The molecule has 13 heavy (non-hydrogen) atoms. The molecular weight excluding hydrogens is 168 g/mol. The summed E-state index contributed by atoms with van der Waals surface area (Å²) in [7, 11) is 0. The van der Waals surface area contributed by atoms with Crippen LogP contribution in [0.3, 0.4) is 0 Å². The summed E-state index contributed by atoms with van der Waals surface area (Å²) in [5.41, 5.74) is 0. The zero-order chi connectivity index (χ0) is 10.7. The van der Waals surface area contributed by atoms with Crippen LogP contribution < -0.4 is 10.6 Å². The van der Waals surface area contributed by atoms with Crippen LogP contribution in [-0.2, 0) is 9.59 Å². The third-order valence-corrected chi connectivity index (χ3v) is 1.05. The zero-order valence-corrected chi connectivity index (χ0v) is 8.94. The van der Waals surface area contributed by atoms with Gasteiger partial charge in [-0.3, -0.25) is 9.59 Å². The minimum atomic E-state index is 0.0394. The molecule has 0 aromatic carbocycles. The van der Waals surface area contributed by atoms with Crippen molar-refractivity contribution < 1.29 is 9.59 Å². The lowest BCUT2D eigenvalue weighted by Crippen LogP contribution is -2.19. The molecule has 0 saturated heterocycles. The Morgan fingerprint density at radius 1 is 1.00 bits per heavy atom. The largest absolute Gasteiger partial charge is 0.357 e. The van der Waals surface area contributed by atoms with Crippen molar-refractivity contribution in [3.05, 3.63) is 0 Å². The van der Waals surface area contributed by atoms with Gasteiger partial charge < -0.3 is 10.6 Å². The summed E-state index contributed by atoms with van der Waals surface area (Å²) in [6.45, 7) is 8.47. The lowest BCUT2D eigenvalue weighted by atomic mass is 10.5. The average Bonchev–Trinajstić information content (AvgIpc) is 2.01. The van der Waals surface area contributed by atoms with Gasteiger partial charge in [-0.1, -0.05) is 6.92 Å². The maximum absolute atomic E-state index is 10.1. The molecule has 4 nitrogen and oxygen atoms in total. The van der Waals surface area contributed by atoms with Crippen molar-refractivity contribution in [1.29, 1.82) is 0 Å². The van der Waals surface area contributed by atoms with Gasteiger partial charge >= 0.3 is 0 Å². The van der Waals surface area contributed by atoms with Crippen LogP contribution in [0.1, 0.15) is 34.1 Å². The zero-order valence-electron chi connectivity index (χ0n) is 8.94. The first kappa shape index (κ1) is 14.5. The summed E-state index contributed by atoms with van der Waals surface area (Å²) in [4.78, 5) is 20.0. The molecule has 0 fully saturated rings. The van der Waals surface area contributed by atoms with Gasteiger partial charge in [0, 0.05) is 26.9 Å². The monoisotopic (exact) mass is 188 g/mol. The second kappa shape index (κ2) is 10.9. The van der Waals surface area contributed by atoms with Gasteiger partial charge in [0.25, 0.3) is 0 Å². The van der Waals surface area contributed by atoms with Gasteiger partial charge in [0.2, 0.25) is 11.8 Å². The Labute approximate surface area is 80.1 Å². The van der Waals surface area contributed by atoms with Crippen molar-refractivity contribution in [2.24, 2.45) is 0 Å². The molecule has 0 bridgehead atoms. The minimum absolute atomic E-state index is 0.0394. The third-order valence-electron chi connectivity index (χ3n) is 1.05. The van der Waals surface area contributed by atoms with Crippen molar-refractivity contribution in [1.82, 2.24) is 10.6 Å². The van der Waals surface area contributed by atoms with Crippen molar-refractivity contribution in [2.45, 2.75) is 34.1 Å². The maximum Gasteiger partial charge on any atom is 0.216 e. The minimum Gasteiger partial charge on any atom is -0.357 e. The molecule has 0 aliphatic heterocycles. The number of hydrogen-bond acceptors (Lipinski definition) is 2. The Morgan fingerprint density at radius 3 is 1.54 bits per heavy atom. The van der Waals surface area contributed by atoms with E-state index in [9.17, 15) is 9.59 Å². The van der Waals surface area contributed by atoms with Crippen LogP contribution in [0.25, 0.3) is 0 Å². The quantitative estimate of drug-likeness (QED) is 0.684. The highest BCUT2D eigenvalue weighted by atomic mass is 16.1. The number of nitrogens with one attached hydrogen (secondary N) is 2. The van der Waals surface area contributed by atoms with E-state index in [1.165, 1.54) is 13.8 Å². The first-order valence-electron chi connectivity index (χ1n) is 4.53. The van der Waals surface area contributed by atoms with Crippen LogP contribution in [0.5, 0.6) is 0 Å². The molecule has 78 valence electrons. The molecule has 0 saturated carbocycles. The van der Waals surface area contributed by atoms with E-state index < -0.39 is 0 Å². The molecule has 0 aromatic heterocycles. The second-order valence-corrected chi connectivity index (χ2v) is 2.57. The average molecular weight is 188 g/mol. The van der Waals surface area contributed by atoms with E-state index in [0.717, 1.165) is 19.5 Å². The fourth-order valence-corrected chi connectivity index (χ4v) is 0.550. The van der Waals surface area contributed by atoms with E-state index in [2.05, 4.69) is 10.6 Å². The topological polar surface area (TPSA) is 58.2 Å². The van der Waals surface area contributed by atoms with Gasteiger partial charge in [-0.25, -0.2) is 0 Å².